The molecule has 0 aliphatic heterocycles. The van der Waals surface area contributed by atoms with E-state index in [0.717, 1.165) is 31.2 Å². The van der Waals surface area contributed by atoms with Crippen molar-refractivity contribution in [3.8, 4) is 11.4 Å². The van der Waals surface area contributed by atoms with E-state index in [2.05, 4.69) is 25.7 Å². The van der Waals surface area contributed by atoms with Crippen molar-refractivity contribution in [3.05, 3.63) is 59.4 Å². The van der Waals surface area contributed by atoms with Crippen LogP contribution in [0, 0.1) is 0 Å². The van der Waals surface area contributed by atoms with E-state index < -0.39 is 0 Å². The Morgan fingerprint density at radius 1 is 1.07 bits per heavy atom. The van der Waals surface area contributed by atoms with Crippen LogP contribution in [0.5, 0.6) is 0 Å². The number of tetrazole rings is 1. The molecule has 3 aromatic rings. The van der Waals surface area contributed by atoms with Gasteiger partial charge in [0.05, 0.1) is 11.1 Å². The zero-order valence-electron chi connectivity index (χ0n) is 14.6. The van der Waals surface area contributed by atoms with Gasteiger partial charge in [0.15, 0.2) is 0 Å². The molecule has 1 aliphatic carbocycles. The Morgan fingerprint density at radius 2 is 1.85 bits per heavy atom. The predicted octanol–water partition coefficient (Wildman–Crippen LogP) is 3.30. The van der Waals surface area contributed by atoms with Gasteiger partial charge in [-0.2, -0.15) is 4.80 Å². The summed E-state index contributed by atoms with van der Waals surface area (Å²) in [5, 5.41) is 16.3. The van der Waals surface area contributed by atoms with Gasteiger partial charge in [-0.15, -0.1) is 10.2 Å². The summed E-state index contributed by atoms with van der Waals surface area (Å²) in [6, 6.07) is 13.5. The predicted molar refractivity (Wildman–Crippen MR) is 101 cm³/mol. The number of halogens is 1. The average Bonchev–Trinajstić information content (AvgIpc) is 3.20. The van der Waals surface area contributed by atoms with Gasteiger partial charge in [-0.1, -0.05) is 41.9 Å². The summed E-state index contributed by atoms with van der Waals surface area (Å²) in [6.45, 7) is 0. The lowest BCUT2D eigenvalue weighted by molar-refractivity contribution is 0.0915. The standard InChI is InChI=1S/C19H19ClN6O/c20-16-7-4-12-21-17(16)19(27)22-14-8-10-15(11-9-14)26-24-18(23-25-26)13-5-2-1-3-6-13/h1-7,12,14-15H,8-11H2,(H,22,27). The number of nitrogens with zero attached hydrogens (tertiary/aromatic N) is 5. The maximum absolute atomic E-state index is 12.3. The molecule has 0 saturated heterocycles. The minimum absolute atomic E-state index is 0.101. The van der Waals surface area contributed by atoms with E-state index in [-0.39, 0.29) is 23.7 Å². The Bertz CT molecular complexity index is 921. The third-order valence-electron chi connectivity index (χ3n) is 4.79. The van der Waals surface area contributed by atoms with Crippen LogP contribution in [-0.4, -0.2) is 37.1 Å². The number of carbonyl (C=O) groups excluding carboxylic acids is 1. The second kappa shape index (κ2) is 7.84. The highest BCUT2D eigenvalue weighted by atomic mass is 35.5. The van der Waals surface area contributed by atoms with E-state index in [4.69, 9.17) is 11.6 Å². The molecular formula is C19H19ClN6O. The van der Waals surface area contributed by atoms with Crippen LogP contribution in [0.4, 0.5) is 0 Å². The molecule has 1 aliphatic rings. The van der Waals surface area contributed by atoms with Gasteiger partial charge in [-0.05, 0) is 43.0 Å². The maximum atomic E-state index is 12.3. The van der Waals surface area contributed by atoms with Crippen molar-refractivity contribution < 1.29 is 4.79 Å². The highest BCUT2D eigenvalue weighted by Crippen LogP contribution is 2.28. The van der Waals surface area contributed by atoms with Crippen LogP contribution >= 0.6 is 11.6 Å². The second-order valence-corrected chi connectivity index (χ2v) is 7.02. The molecule has 0 unspecified atom stereocenters. The number of nitrogens with one attached hydrogen (secondary N) is 1. The Balaban J connectivity index is 1.35. The lowest BCUT2D eigenvalue weighted by Crippen LogP contribution is -2.38. The van der Waals surface area contributed by atoms with Gasteiger partial charge in [0.25, 0.3) is 5.91 Å². The largest absolute Gasteiger partial charge is 0.348 e. The molecule has 0 bridgehead atoms. The topological polar surface area (TPSA) is 85.6 Å². The summed E-state index contributed by atoms with van der Waals surface area (Å²) in [5.41, 5.74) is 1.23. The lowest BCUT2D eigenvalue weighted by Gasteiger charge is -2.28. The van der Waals surface area contributed by atoms with Crippen LogP contribution in [0.3, 0.4) is 0 Å². The number of aromatic nitrogens is 5. The number of hydrogen-bond donors (Lipinski definition) is 1. The first-order valence-electron chi connectivity index (χ1n) is 8.97. The fraction of sp³-hybridized carbons (Fsp3) is 0.316. The number of amides is 1. The van der Waals surface area contributed by atoms with Crippen molar-refractivity contribution in [1.82, 2.24) is 30.5 Å². The summed E-state index contributed by atoms with van der Waals surface area (Å²) in [5.74, 6) is 0.408. The number of rotatable bonds is 4. The van der Waals surface area contributed by atoms with Crippen LogP contribution in [-0.2, 0) is 0 Å². The molecule has 1 saturated carbocycles. The van der Waals surface area contributed by atoms with Gasteiger partial charge >= 0.3 is 0 Å². The van der Waals surface area contributed by atoms with E-state index in [1.54, 1.807) is 23.1 Å². The molecule has 1 fully saturated rings. The van der Waals surface area contributed by atoms with Crippen molar-refractivity contribution >= 4 is 17.5 Å². The quantitative estimate of drug-likeness (QED) is 0.748. The molecule has 7 nitrogen and oxygen atoms in total. The van der Waals surface area contributed by atoms with E-state index in [9.17, 15) is 4.79 Å². The van der Waals surface area contributed by atoms with Crippen LogP contribution in [0.2, 0.25) is 5.02 Å². The fourth-order valence-corrected chi connectivity index (χ4v) is 3.55. The normalized spacial score (nSPS) is 19.6. The van der Waals surface area contributed by atoms with Gasteiger partial charge in [-0.25, -0.2) is 4.98 Å². The molecule has 0 atom stereocenters. The summed E-state index contributed by atoms with van der Waals surface area (Å²) in [6.07, 6.45) is 5.03. The molecule has 0 radical (unpaired) electrons. The van der Waals surface area contributed by atoms with E-state index in [1.807, 2.05) is 30.3 Å². The molecule has 1 amide bonds. The van der Waals surface area contributed by atoms with E-state index in [1.165, 1.54) is 0 Å². The first kappa shape index (κ1) is 17.6. The second-order valence-electron chi connectivity index (χ2n) is 6.61. The van der Waals surface area contributed by atoms with Gasteiger partial charge in [0.2, 0.25) is 5.82 Å². The third kappa shape index (κ3) is 3.98. The zero-order chi connectivity index (χ0) is 18.6. The van der Waals surface area contributed by atoms with Crippen molar-refractivity contribution in [2.24, 2.45) is 0 Å². The molecule has 1 N–H and O–H groups in total. The molecule has 8 heteroatoms. The summed E-state index contributed by atoms with van der Waals surface area (Å²) in [7, 11) is 0. The molecule has 0 spiro atoms. The molecular weight excluding hydrogens is 364 g/mol. The SMILES string of the molecule is O=C(NC1CCC(n2nnc(-c3ccccc3)n2)CC1)c1ncccc1Cl. The zero-order valence-corrected chi connectivity index (χ0v) is 15.4. The first-order valence-corrected chi connectivity index (χ1v) is 9.35. The maximum Gasteiger partial charge on any atom is 0.271 e. The minimum Gasteiger partial charge on any atom is -0.348 e. The summed E-state index contributed by atoms with van der Waals surface area (Å²) < 4.78 is 0. The number of hydrogen-bond acceptors (Lipinski definition) is 5. The number of benzene rings is 1. The van der Waals surface area contributed by atoms with E-state index in [0.29, 0.717) is 10.8 Å². The Morgan fingerprint density at radius 3 is 2.59 bits per heavy atom. The fourth-order valence-electron chi connectivity index (χ4n) is 3.34. The van der Waals surface area contributed by atoms with Crippen molar-refractivity contribution in [3.63, 3.8) is 0 Å². The molecule has 27 heavy (non-hydrogen) atoms. The number of carbonyl (C=O) groups is 1. The van der Waals surface area contributed by atoms with Gasteiger partial charge in [0, 0.05) is 17.8 Å². The molecule has 4 rings (SSSR count). The summed E-state index contributed by atoms with van der Waals surface area (Å²) >= 11 is 6.04. The molecule has 2 heterocycles. The lowest BCUT2D eigenvalue weighted by atomic mass is 9.91. The Labute approximate surface area is 161 Å². The van der Waals surface area contributed by atoms with Gasteiger partial charge in [0.1, 0.15) is 5.69 Å². The van der Waals surface area contributed by atoms with Crippen LogP contribution in [0.25, 0.3) is 11.4 Å². The first-order chi connectivity index (χ1) is 13.2. The summed E-state index contributed by atoms with van der Waals surface area (Å²) in [4.78, 5) is 18.1. The third-order valence-corrected chi connectivity index (χ3v) is 5.10. The van der Waals surface area contributed by atoms with Gasteiger partial charge in [-0.3, -0.25) is 4.79 Å². The van der Waals surface area contributed by atoms with E-state index >= 15 is 0 Å². The van der Waals surface area contributed by atoms with Gasteiger partial charge < -0.3 is 5.32 Å². The Kier molecular flexibility index (Phi) is 5.11. The highest BCUT2D eigenvalue weighted by Gasteiger charge is 2.26. The minimum atomic E-state index is -0.228. The molecule has 2 aromatic heterocycles. The van der Waals surface area contributed by atoms with Crippen LogP contribution < -0.4 is 5.32 Å². The van der Waals surface area contributed by atoms with Crippen LogP contribution in [0.1, 0.15) is 42.2 Å². The highest BCUT2D eigenvalue weighted by molar-refractivity contribution is 6.33. The van der Waals surface area contributed by atoms with Crippen molar-refractivity contribution in [2.45, 2.75) is 37.8 Å². The Hall–Kier alpha value is -2.80. The van der Waals surface area contributed by atoms with Crippen molar-refractivity contribution in [2.75, 3.05) is 0 Å². The van der Waals surface area contributed by atoms with Crippen molar-refractivity contribution in [1.29, 1.82) is 0 Å². The number of pyridine rings is 1. The molecule has 138 valence electrons. The van der Waals surface area contributed by atoms with Crippen LogP contribution in [0.15, 0.2) is 48.7 Å². The molecule has 1 aromatic carbocycles. The average molecular weight is 383 g/mol. The smallest absolute Gasteiger partial charge is 0.271 e. The monoisotopic (exact) mass is 382 g/mol.